The molecule has 1 atom stereocenters. The van der Waals surface area contributed by atoms with E-state index >= 15 is 0 Å². The van der Waals surface area contributed by atoms with Crippen LogP contribution in [0.5, 0.6) is 5.75 Å². The SMILES string of the molecule is OC[C@H](O)CNc1nnc(-c2c(O)cc(C(F)(F)F)cc2F)c2ccccc12. The number of rotatable bonds is 5. The molecule has 0 unspecified atom stereocenters. The summed E-state index contributed by atoms with van der Waals surface area (Å²) in [6, 6.07) is 7.14. The van der Waals surface area contributed by atoms with E-state index in [9.17, 15) is 27.8 Å². The summed E-state index contributed by atoms with van der Waals surface area (Å²) in [7, 11) is 0. The number of anilines is 1. The second-order valence-electron chi connectivity index (χ2n) is 6.01. The van der Waals surface area contributed by atoms with Crippen molar-refractivity contribution in [2.24, 2.45) is 0 Å². The second-order valence-corrected chi connectivity index (χ2v) is 6.01. The first-order valence-electron chi connectivity index (χ1n) is 8.10. The molecule has 1 heterocycles. The number of aromatic hydroxyl groups is 1. The molecule has 0 aliphatic carbocycles. The van der Waals surface area contributed by atoms with Gasteiger partial charge in [-0.05, 0) is 12.1 Å². The lowest BCUT2D eigenvalue weighted by atomic mass is 10.0. The highest BCUT2D eigenvalue weighted by molar-refractivity contribution is 6.01. The minimum atomic E-state index is -4.81. The molecule has 148 valence electrons. The number of aliphatic hydroxyl groups is 2. The number of hydrogen-bond donors (Lipinski definition) is 4. The molecule has 0 spiro atoms. The highest BCUT2D eigenvalue weighted by atomic mass is 19.4. The van der Waals surface area contributed by atoms with Gasteiger partial charge in [-0.3, -0.25) is 0 Å². The van der Waals surface area contributed by atoms with Gasteiger partial charge in [0.05, 0.1) is 23.8 Å². The van der Waals surface area contributed by atoms with Gasteiger partial charge in [0.2, 0.25) is 0 Å². The van der Waals surface area contributed by atoms with Crippen LogP contribution in [0.4, 0.5) is 23.4 Å². The van der Waals surface area contributed by atoms with Gasteiger partial charge in [0.25, 0.3) is 0 Å². The van der Waals surface area contributed by atoms with Gasteiger partial charge < -0.3 is 20.6 Å². The van der Waals surface area contributed by atoms with Crippen molar-refractivity contribution in [3.8, 4) is 17.0 Å². The monoisotopic (exact) mass is 397 g/mol. The van der Waals surface area contributed by atoms with Gasteiger partial charge in [-0.2, -0.15) is 13.2 Å². The Hall–Kier alpha value is -2.98. The Kier molecular flexibility index (Phi) is 5.34. The summed E-state index contributed by atoms with van der Waals surface area (Å²) in [5.41, 5.74) is -1.95. The molecule has 10 heteroatoms. The van der Waals surface area contributed by atoms with E-state index in [0.717, 1.165) is 0 Å². The third kappa shape index (κ3) is 3.82. The number of fused-ring (bicyclic) bond motifs is 1. The first-order chi connectivity index (χ1) is 13.2. The van der Waals surface area contributed by atoms with Crippen LogP contribution in [0.3, 0.4) is 0 Å². The largest absolute Gasteiger partial charge is 0.507 e. The van der Waals surface area contributed by atoms with E-state index in [4.69, 9.17) is 5.11 Å². The summed E-state index contributed by atoms with van der Waals surface area (Å²) in [4.78, 5) is 0. The zero-order valence-electron chi connectivity index (χ0n) is 14.2. The number of aliphatic hydroxyl groups excluding tert-OH is 2. The summed E-state index contributed by atoms with van der Waals surface area (Å²) < 4.78 is 52.9. The van der Waals surface area contributed by atoms with Crippen LogP contribution in [0.2, 0.25) is 0 Å². The average Bonchev–Trinajstić information content (AvgIpc) is 2.65. The van der Waals surface area contributed by atoms with Gasteiger partial charge in [-0.15, -0.1) is 10.2 Å². The lowest BCUT2D eigenvalue weighted by Gasteiger charge is -2.15. The summed E-state index contributed by atoms with van der Waals surface area (Å²) in [6.45, 7) is -0.504. The molecule has 0 amide bonds. The highest BCUT2D eigenvalue weighted by Crippen LogP contribution is 2.40. The van der Waals surface area contributed by atoms with E-state index in [-0.39, 0.29) is 24.1 Å². The molecular formula is C18H15F4N3O3. The number of nitrogens with zero attached hydrogens (tertiary/aromatic N) is 2. The zero-order valence-corrected chi connectivity index (χ0v) is 14.2. The Morgan fingerprint density at radius 2 is 1.75 bits per heavy atom. The number of phenolic OH excluding ortho intramolecular Hbond substituents is 1. The van der Waals surface area contributed by atoms with E-state index in [2.05, 4.69) is 15.5 Å². The summed E-state index contributed by atoms with van der Waals surface area (Å²) in [5, 5.41) is 39.7. The lowest BCUT2D eigenvalue weighted by Crippen LogP contribution is -2.23. The Bertz CT molecular complexity index is 988. The number of hydrogen-bond acceptors (Lipinski definition) is 6. The molecule has 4 N–H and O–H groups in total. The van der Waals surface area contributed by atoms with Crippen LogP contribution in [0.1, 0.15) is 5.56 Å². The fourth-order valence-electron chi connectivity index (χ4n) is 2.69. The summed E-state index contributed by atoms with van der Waals surface area (Å²) >= 11 is 0. The minimum Gasteiger partial charge on any atom is -0.507 e. The fourth-order valence-corrected chi connectivity index (χ4v) is 2.69. The molecule has 2 aromatic carbocycles. The molecular weight excluding hydrogens is 382 g/mol. The summed E-state index contributed by atoms with van der Waals surface area (Å²) in [6.07, 6.45) is -5.86. The van der Waals surface area contributed by atoms with E-state index < -0.39 is 41.6 Å². The number of benzene rings is 2. The molecule has 3 aromatic rings. The molecule has 0 bridgehead atoms. The van der Waals surface area contributed by atoms with Crippen LogP contribution in [0.25, 0.3) is 22.0 Å². The Morgan fingerprint density at radius 1 is 1.07 bits per heavy atom. The molecule has 0 saturated carbocycles. The van der Waals surface area contributed by atoms with E-state index in [1.165, 1.54) is 0 Å². The van der Waals surface area contributed by atoms with Crippen LogP contribution < -0.4 is 5.32 Å². The molecule has 0 aliphatic rings. The van der Waals surface area contributed by atoms with Crippen molar-refractivity contribution >= 4 is 16.6 Å². The smallest absolute Gasteiger partial charge is 0.416 e. The van der Waals surface area contributed by atoms with Crippen LogP contribution in [0, 0.1) is 5.82 Å². The Balaban J connectivity index is 2.13. The minimum absolute atomic E-state index is 0.0333. The maximum Gasteiger partial charge on any atom is 0.416 e. The van der Waals surface area contributed by atoms with E-state index in [1.54, 1.807) is 24.3 Å². The number of nitrogens with one attached hydrogen (secondary N) is 1. The Morgan fingerprint density at radius 3 is 2.36 bits per heavy atom. The van der Waals surface area contributed by atoms with Crippen LogP contribution >= 0.6 is 0 Å². The van der Waals surface area contributed by atoms with E-state index in [1.807, 2.05) is 0 Å². The average molecular weight is 397 g/mol. The first kappa shape index (κ1) is 19.8. The fraction of sp³-hybridized carbons (Fsp3) is 0.222. The summed E-state index contributed by atoms with van der Waals surface area (Å²) in [5.74, 6) is -1.98. The number of alkyl halides is 3. The van der Waals surface area contributed by atoms with Crippen molar-refractivity contribution in [3.63, 3.8) is 0 Å². The van der Waals surface area contributed by atoms with Crippen molar-refractivity contribution in [2.45, 2.75) is 12.3 Å². The normalized spacial score (nSPS) is 12.9. The number of phenols is 1. The molecule has 0 aliphatic heterocycles. The topological polar surface area (TPSA) is 98.5 Å². The van der Waals surface area contributed by atoms with Crippen molar-refractivity contribution < 1.29 is 32.9 Å². The molecule has 0 saturated heterocycles. The predicted octanol–water partition coefficient (Wildman–Crippen LogP) is 2.93. The maximum absolute atomic E-state index is 14.5. The third-order valence-corrected chi connectivity index (χ3v) is 4.04. The van der Waals surface area contributed by atoms with Crippen molar-refractivity contribution in [1.29, 1.82) is 0 Å². The molecule has 3 rings (SSSR count). The quantitative estimate of drug-likeness (QED) is 0.494. The van der Waals surface area contributed by atoms with Gasteiger partial charge in [0, 0.05) is 17.3 Å². The second kappa shape index (κ2) is 7.56. The van der Waals surface area contributed by atoms with Crippen molar-refractivity contribution in [2.75, 3.05) is 18.5 Å². The van der Waals surface area contributed by atoms with Gasteiger partial charge in [0.1, 0.15) is 17.3 Å². The lowest BCUT2D eigenvalue weighted by molar-refractivity contribution is -0.137. The standard InChI is InChI=1S/C18H15F4N3O3/c19-13-5-9(18(20,21)22)6-14(28)15(13)16-11-3-1-2-4-12(11)17(25-24-16)23-7-10(27)8-26/h1-6,10,26-28H,7-8H2,(H,23,25)/t10-/m1/s1. The maximum atomic E-state index is 14.5. The number of aromatic nitrogens is 2. The van der Waals surface area contributed by atoms with Crippen molar-refractivity contribution in [1.82, 2.24) is 10.2 Å². The van der Waals surface area contributed by atoms with Gasteiger partial charge >= 0.3 is 6.18 Å². The first-order valence-corrected chi connectivity index (χ1v) is 8.10. The van der Waals surface area contributed by atoms with Gasteiger partial charge in [0.15, 0.2) is 5.82 Å². The van der Waals surface area contributed by atoms with Crippen LogP contribution in [0.15, 0.2) is 36.4 Å². The molecule has 6 nitrogen and oxygen atoms in total. The molecule has 28 heavy (non-hydrogen) atoms. The van der Waals surface area contributed by atoms with Gasteiger partial charge in [-0.1, -0.05) is 24.3 Å². The van der Waals surface area contributed by atoms with E-state index in [0.29, 0.717) is 16.8 Å². The Labute approximate surface area is 156 Å². The molecule has 0 fully saturated rings. The zero-order chi connectivity index (χ0) is 20.5. The van der Waals surface area contributed by atoms with Crippen LogP contribution in [-0.4, -0.2) is 44.8 Å². The predicted molar refractivity (Wildman–Crippen MR) is 93.2 cm³/mol. The highest BCUT2D eigenvalue weighted by Gasteiger charge is 2.33. The van der Waals surface area contributed by atoms with Crippen molar-refractivity contribution in [3.05, 3.63) is 47.8 Å². The molecule has 0 radical (unpaired) electrons. The third-order valence-electron chi connectivity index (χ3n) is 4.04. The van der Waals surface area contributed by atoms with Gasteiger partial charge in [-0.25, -0.2) is 4.39 Å². The van der Waals surface area contributed by atoms with Crippen LogP contribution in [-0.2, 0) is 6.18 Å². The number of halogens is 4. The molecule has 1 aromatic heterocycles.